The van der Waals surface area contributed by atoms with E-state index >= 15 is 0 Å². The van der Waals surface area contributed by atoms with Crippen molar-refractivity contribution in [2.75, 3.05) is 13.2 Å². The summed E-state index contributed by atoms with van der Waals surface area (Å²) in [5, 5.41) is 12.9. The molecule has 2 atom stereocenters. The highest BCUT2D eigenvalue weighted by molar-refractivity contribution is 5.21. The maximum absolute atomic E-state index is 9.48. The van der Waals surface area contributed by atoms with Gasteiger partial charge in [0.2, 0.25) is 0 Å². The van der Waals surface area contributed by atoms with Crippen molar-refractivity contribution in [3.63, 3.8) is 0 Å². The molecule has 1 aromatic carbocycles. The molecule has 0 amide bonds. The quantitative estimate of drug-likeness (QED) is 0.852. The van der Waals surface area contributed by atoms with Crippen LogP contribution in [0.4, 0.5) is 0 Å². The normalized spacial score (nSPS) is 26.0. The third-order valence-electron chi connectivity index (χ3n) is 3.99. The molecule has 0 bridgehead atoms. The summed E-state index contributed by atoms with van der Waals surface area (Å²) in [7, 11) is 0. The third kappa shape index (κ3) is 3.27. The van der Waals surface area contributed by atoms with Gasteiger partial charge in [-0.05, 0) is 43.9 Å². The van der Waals surface area contributed by atoms with Gasteiger partial charge in [0, 0.05) is 0 Å². The molecule has 3 nitrogen and oxygen atoms in total. The van der Waals surface area contributed by atoms with Crippen LogP contribution >= 0.6 is 0 Å². The molecule has 102 valence electrons. The van der Waals surface area contributed by atoms with E-state index < -0.39 is 0 Å². The second-order valence-corrected chi connectivity index (χ2v) is 5.15. The molecule has 0 spiro atoms. The van der Waals surface area contributed by atoms with Crippen molar-refractivity contribution in [3.05, 3.63) is 30.3 Å². The number of hydrogen-bond donors (Lipinski definition) is 1. The van der Waals surface area contributed by atoms with E-state index in [4.69, 9.17) is 4.74 Å². The minimum Gasteiger partial charge on any atom is -0.494 e. The summed E-state index contributed by atoms with van der Waals surface area (Å²) in [5.41, 5.74) is -0.325. The number of nitrogens with zero attached hydrogens (tertiary/aromatic N) is 1. The molecule has 0 heterocycles. The minimum atomic E-state index is -0.325. The Morgan fingerprint density at radius 1 is 1.42 bits per heavy atom. The van der Waals surface area contributed by atoms with Crippen LogP contribution in [0.15, 0.2) is 30.3 Å². The van der Waals surface area contributed by atoms with Gasteiger partial charge in [-0.3, -0.25) is 5.32 Å². The summed E-state index contributed by atoms with van der Waals surface area (Å²) in [6, 6.07) is 12.4. The first-order valence-electron chi connectivity index (χ1n) is 7.15. The van der Waals surface area contributed by atoms with Crippen molar-refractivity contribution >= 4 is 0 Å². The largest absolute Gasteiger partial charge is 0.494 e. The first-order valence-corrected chi connectivity index (χ1v) is 7.15. The summed E-state index contributed by atoms with van der Waals surface area (Å²) in [4.78, 5) is 0. The zero-order valence-corrected chi connectivity index (χ0v) is 11.6. The van der Waals surface area contributed by atoms with Crippen molar-refractivity contribution in [2.45, 2.75) is 38.1 Å². The molecule has 0 radical (unpaired) electrons. The second kappa shape index (κ2) is 6.58. The van der Waals surface area contributed by atoms with E-state index in [1.165, 1.54) is 0 Å². The van der Waals surface area contributed by atoms with Crippen LogP contribution < -0.4 is 10.1 Å². The number of hydrogen-bond acceptors (Lipinski definition) is 3. The molecule has 1 aliphatic carbocycles. The highest BCUT2D eigenvalue weighted by atomic mass is 16.5. The van der Waals surface area contributed by atoms with Crippen LogP contribution in [-0.2, 0) is 0 Å². The molecular formula is C16H22N2O. The Morgan fingerprint density at radius 3 is 2.89 bits per heavy atom. The van der Waals surface area contributed by atoms with Crippen molar-refractivity contribution in [1.82, 2.24) is 5.32 Å². The fourth-order valence-electron chi connectivity index (χ4n) is 3.04. The van der Waals surface area contributed by atoms with E-state index in [-0.39, 0.29) is 5.54 Å². The molecule has 1 aromatic rings. The Balaban J connectivity index is 1.87. The van der Waals surface area contributed by atoms with Gasteiger partial charge in [0.05, 0.1) is 12.7 Å². The summed E-state index contributed by atoms with van der Waals surface area (Å²) in [5.74, 6) is 1.31. The summed E-state index contributed by atoms with van der Waals surface area (Å²) >= 11 is 0. The average Bonchev–Trinajstić information content (AvgIpc) is 2.84. The average molecular weight is 258 g/mol. The van der Waals surface area contributed by atoms with E-state index in [1.54, 1.807) is 0 Å². The highest BCUT2D eigenvalue weighted by Crippen LogP contribution is 2.37. The van der Waals surface area contributed by atoms with Gasteiger partial charge in [0.25, 0.3) is 0 Å². The molecule has 2 rings (SSSR count). The van der Waals surface area contributed by atoms with Crippen LogP contribution in [0.3, 0.4) is 0 Å². The van der Waals surface area contributed by atoms with Gasteiger partial charge in [0.1, 0.15) is 11.3 Å². The lowest BCUT2D eigenvalue weighted by atomic mass is 9.86. The van der Waals surface area contributed by atoms with Crippen LogP contribution in [0.2, 0.25) is 0 Å². The molecule has 19 heavy (non-hydrogen) atoms. The van der Waals surface area contributed by atoms with E-state index in [2.05, 4.69) is 18.3 Å². The standard InChI is InChI=1S/C16H22N2O/c1-2-18-16(13-17)11-6-7-14(16)10-12-19-15-8-4-3-5-9-15/h3-5,8-9,14,18H,2,6-7,10-12H2,1H3. The first kappa shape index (κ1) is 13.9. The van der Waals surface area contributed by atoms with Crippen molar-refractivity contribution in [2.24, 2.45) is 5.92 Å². The molecule has 1 saturated carbocycles. The maximum Gasteiger partial charge on any atom is 0.119 e. The molecule has 1 N–H and O–H groups in total. The Labute approximate surface area is 115 Å². The Morgan fingerprint density at radius 2 is 2.21 bits per heavy atom. The van der Waals surface area contributed by atoms with Gasteiger partial charge < -0.3 is 4.74 Å². The second-order valence-electron chi connectivity index (χ2n) is 5.15. The predicted octanol–water partition coefficient (Wildman–Crippen LogP) is 3.13. The molecule has 1 aliphatic rings. The zero-order chi connectivity index (χ0) is 13.6. The Bertz CT molecular complexity index is 426. The molecule has 1 fully saturated rings. The lowest BCUT2D eigenvalue weighted by molar-refractivity contribution is 0.234. The Hall–Kier alpha value is -1.53. The number of rotatable bonds is 6. The summed E-state index contributed by atoms with van der Waals surface area (Å²) in [6.45, 7) is 3.60. The molecule has 2 unspecified atom stereocenters. The van der Waals surface area contributed by atoms with E-state index in [1.807, 2.05) is 30.3 Å². The van der Waals surface area contributed by atoms with Crippen LogP contribution in [0.25, 0.3) is 0 Å². The third-order valence-corrected chi connectivity index (χ3v) is 3.99. The van der Waals surface area contributed by atoms with E-state index in [0.29, 0.717) is 12.5 Å². The number of para-hydroxylation sites is 1. The van der Waals surface area contributed by atoms with Gasteiger partial charge in [-0.2, -0.15) is 5.26 Å². The SMILES string of the molecule is CCNC1(C#N)CCCC1CCOc1ccccc1. The van der Waals surface area contributed by atoms with E-state index in [9.17, 15) is 5.26 Å². The lowest BCUT2D eigenvalue weighted by Gasteiger charge is -2.29. The molecule has 0 saturated heterocycles. The van der Waals surface area contributed by atoms with Crippen molar-refractivity contribution in [3.8, 4) is 11.8 Å². The maximum atomic E-state index is 9.48. The number of nitrogens with one attached hydrogen (secondary N) is 1. The van der Waals surface area contributed by atoms with E-state index in [0.717, 1.165) is 38.0 Å². The lowest BCUT2D eigenvalue weighted by Crippen LogP contribution is -2.47. The highest BCUT2D eigenvalue weighted by Gasteiger charge is 2.42. The number of benzene rings is 1. The van der Waals surface area contributed by atoms with Crippen LogP contribution in [0.1, 0.15) is 32.6 Å². The van der Waals surface area contributed by atoms with Gasteiger partial charge in [-0.15, -0.1) is 0 Å². The first-order chi connectivity index (χ1) is 9.30. The monoisotopic (exact) mass is 258 g/mol. The van der Waals surface area contributed by atoms with Gasteiger partial charge in [-0.1, -0.05) is 31.5 Å². The van der Waals surface area contributed by atoms with Crippen LogP contribution in [-0.4, -0.2) is 18.7 Å². The smallest absolute Gasteiger partial charge is 0.119 e. The van der Waals surface area contributed by atoms with Crippen LogP contribution in [0, 0.1) is 17.2 Å². The number of ether oxygens (including phenoxy) is 1. The summed E-state index contributed by atoms with van der Waals surface area (Å²) < 4.78 is 5.75. The molecular weight excluding hydrogens is 236 g/mol. The van der Waals surface area contributed by atoms with Crippen molar-refractivity contribution < 1.29 is 4.74 Å². The fraction of sp³-hybridized carbons (Fsp3) is 0.562. The number of nitriles is 1. The predicted molar refractivity (Wildman–Crippen MR) is 75.9 cm³/mol. The fourth-order valence-corrected chi connectivity index (χ4v) is 3.04. The molecule has 3 heteroatoms. The minimum absolute atomic E-state index is 0.325. The Kier molecular flexibility index (Phi) is 4.81. The van der Waals surface area contributed by atoms with Gasteiger partial charge in [-0.25, -0.2) is 0 Å². The van der Waals surface area contributed by atoms with Gasteiger partial charge >= 0.3 is 0 Å². The zero-order valence-electron chi connectivity index (χ0n) is 11.6. The van der Waals surface area contributed by atoms with Crippen LogP contribution in [0.5, 0.6) is 5.75 Å². The molecule has 0 aromatic heterocycles. The molecule has 0 aliphatic heterocycles. The van der Waals surface area contributed by atoms with Crippen molar-refractivity contribution in [1.29, 1.82) is 5.26 Å². The summed E-state index contributed by atoms with van der Waals surface area (Å²) in [6.07, 6.45) is 4.16. The topological polar surface area (TPSA) is 45.0 Å². The van der Waals surface area contributed by atoms with Gasteiger partial charge in [0.15, 0.2) is 0 Å².